The molecule has 0 aliphatic carbocycles. The third-order valence-electron chi connectivity index (χ3n) is 2.30. The maximum Gasteiger partial charge on any atom is 0.251 e. The molecule has 0 spiro atoms. The van der Waals surface area contributed by atoms with Crippen LogP contribution in [0.1, 0.15) is 15.9 Å². The van der Waals surface area contributed by atoms with Gasteiger partial charge in [0, 0.05) is 24.5 Å². The molecular formula is C12H10BrFN2O. The topological polar surface area (TPSA) is 44.9 Å². The Labute approximate surface area is 106 Å². The largest absolute Gasteiger partial charge is 0.367 e. The smallest absolute Gasteiger partial charge is 0.251 e. The van der Waals surface area contributed by atoms with Crippen molar-refractivity contribution < 1.29 is 9.18 Å². The number of H-pyrrole nitrogens is 1. The Morgan fingerprint density at radius 2 is 2.24 bits per heavy atom. The van der Waals surface area contributed by atoms with E-state index in [0.717, 1.165) is 5.56 Å². The predicted octanol–water partition coefficient (Wildman–Crippen LogP) is 2.85. The second-order valence-electron chi connectivity index (χ2n) is 3.53. The predicted molar refractivity (Wildman–Crippen MR) is 66.1 cm³/mol. The van der Waals surface area contributed by atoms with E-state index < -0.39 is 0 Å². The van der Waals surface area contributed by atoms with E-state index in [0.29, 0.717) is 12.1 Å². The van der Waals surface area contributed by atoms with Gasteiger partial charge in [-0.15, -0.1) is 0 Å². The molecule has 0 aliphatic heterocycles. The van der Waals surface area contributed by atoms with Crippen LogP contribution < -0.4 is 5.32 Å². The quantitative estimate of drug-likeness (QED) is 0.899. The molecule has 5 heteroatoms. The summed E-state index contributed by atoms with van der Waals surface area (Å²) in [5.41, 5.74) is 1.41. The van der Waals surface area contributed by atoms with Gasteiger partial charge in [0.1, 0.15) is 5.82 Å². The summed E-state index contributed by atoms with van der Waals surface area (Å²) < 4.78 is 13.3. The maximum atomic E-state index is 13.0. The SMILES string of the molecule is O=C(NCc1cc[nH]c1)c1ccc(F)c(Br)c1. The van der Waals surface area contributed by atoms with Crippen LogP contribution in [0.4, 0.5) is 4.39 Å². The van der Waals surface area contributed by atoms with E-state index in [1.54, 1.807) is 12.4 Å². The molecule has 88 valence electrons. The van der Waals surface area contributed by atoms with Crippen molar-refractivity contribution >= 4 is 21.8 Å². The molecule has 0 unspecified atom stereocenters. The highest BCUT2D eigenvalue weighted by Crippen LogP contribution is 2.16. The van der Waals surface area contributed by atoms with Gasteiger partial charge >= 0.3 is 0 Å². The van der Waals surface area contributed by atoms with Crippen LogP contribution in [0.2, 0.25) is 0 Å². The van der Waals surface area contributed by atoms with Gasteiger partial charge in [-0.25, -0.2) is 4.39 Å². The van der Waals surface area contributed by atoms with E-state index in [1.807, 2.05) is 6.07 Å². The highest BCUT2D eigenvalue weighted by molar-refractivity contribution is 9.10. The standard InChI is InChI=1S/C12H10BrFN2O/c13-10-5-9(1-2-11(10)14)12(17)16-7-8-3-4-15-6-8/h1-6,15H,7H2,(H,16,17). The minimum atomic E-state index is -0.382. The maximum absolute atomic E-state index is 13.0. The Morgan fingerprint density at radius 1 is 1.41 bits per heavy atom. The van der Waals surface area contributed by atoms with Gasteiger partial charge in [0.05, 0.1) is 4.47 Å². The van der Waals surface area contributed by atoms with Crippen LogP contribution in [-0.4, -0.2) is 10.9 Å². The first-order valence-corrected chi connectivity index (χ1v) is 5.81. The Hall–Kier alpha value is -1.62. The van der Waals surface area contributed by atoms with Crippen LogP contribution in [0.15, 0.2) is 41.1 Å². The molecule has 0 atom stereocenters. The Bertz CT molecular complexity index is 525. The molecule has 0 saturated heterocycles. The van der Waals surface area contributed by atoms with Gasteiger partial charge in [0.2, 0.25) is 0 Å². The fourth-order valence-electron chi connectivity index (χ4n) is 1.39. The molecule has 0 radical (unpaired) electrons. The zero-order chi connectivity index (χ0) is 12.3. The van der Waals surface area contributed by atoms with Crippen LogP contribution in [-0.2, 0) is 6.54 Å². The first kappa shape index (κ1) is 11.9. The number of benzene rings is 1. The van der Waals surface area contributed by atoms with Crippen LogP contribution in [0.3, 0.4) is 0 Å². The number of aromatic amines is 1. The lowest BCUT2D eigenvalue weighted by Gasteiger charge is -2.04. The number of carbonyl (C=O) groups is 1. The van der Waals surface area contributed by atoms with E-state index in [9.17, 15) is 9.18 Å². The summed E-state index contributed by atoms with van der Waals surface area (Å²) in [5.74, 6) is -0.612. The van der Waals surface area contributed by atoms with E-state index in [2.05, 4.69) is 26.2 Å². The van der Waals surface area contributed by atoms with Crippen molar-refractivity contribution in [2.75, 3.05) is 0 Å². The van der Waals surface area contributed by atoms with Gasteiger partial charge in [-0.1, -0.05) is 0 Å². The van der Waals surface area contributed by atoms with Gasteiger partial charge in [0.25, 0.3) is 5.91 Å². The molecule has 1 aromatic carbocycles. The highest BCUT2D eigenvalue weighted by atomic mass is 79.9. The van der Waals surface area contributed by atoms with Crippen molar-refractivity contribution in [2.24, 2.45) is 0 Å². The number of nitrogens with one attached hydrogen (secondary N) is 2. The third kappa shape index (κ3) is 2.94. The Balaban J connectivity index is 2.02. The van der Waals surface area contributed by atoms with Crippen LogP contribution >= 0.6 is 15.9 Å². The van der Waals surface area contributed by atoms with Gasteiger partial charge < -0.3 is 10.3 Å². The summed E-state index contributed by atoms with van der Waals surface area (Å²) in [6.45, 7) is 0.442. The minimum Gasteiger partial charge on any atom is -0.367 e. The van der Waals surface area contributed by atoms with Crippen molar-refractivity contribution in [2.45, 2.75) is 6.54 Å². The molecule has 2 aromatic rings. The van der Waals surface area contributed by atoms with Crippen LogP contribution in [0.25, 0.3) is 0 Å². The average molecular weight is 297 g/mol. The summed E-state index contributed by atoms with van der Waals surface area (Å²) in [4.78, 5) is 14.6. The first-order valence-electron chi connectivity index (χ1n) is 5.02. The zero-order valence-electron chi connectivity index (χ0n) is 8.84. The third-order valence-corrected chi connectivity index (χ3v) is 2.90. The van der Waals surface area contributed by atoms with Gasteiger partial charge in [-0.2, -0.15) is 0 Å². The molecule has 2 rings (SSSR count). The molecule has 1 aromatic heterocycles. The van der Waals surface area contributed by atoms with Crippen molar-refractivity contribution in [1.82, 2.24) is 10.3 Å². The number of amides is 1. The fourth-order valence-corrected chi connectivity index (χ4v) is 1.77. The summed E-state index contributed by atoms with van der Waals surface area (Å²) >= 11 is 3.04. The van der Waals surface area contributed by atoms with Crippen molar-refractivity contribution in [3.63, 3.8) is 0 Å². The normalized spacial score (nSPS) is 10.2. The second-order valence-corrected chi connectivity index (χ2v) is 4.39. The van der Waals surface area contributed by atoms with Crippen molar-refractivity contribution in [3.8, 4) is 0 Å². The number of hydrogen-bond acceptors (Lipinski definition) is 1. The first-order chi connectivity index (χ1) is 8.16. The summed E-state index contributed by atoms with van der Waals surface area (Å²) in [6, 6.07) is 6.05. The number of hydrogen-bond donors (Lipinski definition) is 2. The minimum absolute atomic E-state index is 0.230. The molecule has 0 saturated carbocycles. The zero-order valence-corrected chi connectivity index (χ0v) is 10.4. The molecular weight excluding hydrogens is 287 g/mol. The number of rotatable bonds is 3. The summed E-state index contributed by atoms with van der Waals surface area (Å²) in [7, 11) is 0. The van der Waals surface area contributed by atoms with E-state index >= 15 is 0 Å². The van der Waals surface area contributed by atoms with E-state index in [4.69, 9.17) is 0 Å². The molecule has 17 heavy (non-hydrogen) atoms. The molecule has 1 heterocycles. The van der Waals surface area contributed by atoms with E-state index in [1.165, 1.54) is 18.2 Å². The fraction of sp³-hybridized carbons (Fsp3) is 0.0833. The van der Waals surface area contributed by atoms with E-state index in [-0.39, 0.29) is 16.2 Å². The van der Waals surface area contributed by atoms with Gasteiger partial charge in [0.15, 0.2) is 0 Å². The van der Waals surface area contributed by atoms with Gasteiger partial charge in [-0.05, 0) is 45.8 Å². The number of carbonyl (C=O) groups excluding carboxylic acids is 1. The molecule has 1 amide bonds. The molecule has 2 N–H and O–H groups in total. The highest BCUT2D eigenvalue weighted by Gasteiger charge is 2.08. The number of halogens is 2. The van der Waals surface area contributed by atoms with Gasteiger partial charge in [-0.3, -0.25) is 4.79 Å². The Kier molecular flexibility index (Phi) is 3.58. The molecule has 0 bridgehead atoms. The monoisotopic (exact) mass is 296 g/mol. The van der Waals surface area contributed by atoms with Crippen LogP contribution in [0, 0.1) is 5.82 Å². The average Bonchev–Trinajstić information content (AvgIpc) is 2.82. The van der Waals surface area contributed by atoms with Crippen molar-refractivity contribution in [1.29, 1.82) is 0 Å². The lowest BCUT2D eigenvalue weighted by atomic mass is 10.2. The molecule has 0 fully saturated rings. The molecule has 3 nitrogen and oxygen atoms in total. The number of aromatic nitrogens is 1. The van der Waals surface area contributed by atoms with Crippen molar-refractivity contribution in [3.05, 3.63) is 58.1 Å². The van der Waals surface area contributed by atoms with Crippen LogP contribution in [0.5, 0.6) is 0 Å². The summed E-state index contributed by atoms with van der Waals surface area (Å²) in [6.07, 6.45) is 3.59. The Morgan fingerprint density at radius 3 is 2.88 bits per heavy atom. The second kappa shape index (κ2) is 5.14. The lowest BCUT2D eigenvalue weighted by molar-refractivity contribution is 0.0951. The molecule has 0 aliphatic rings. The lowest BCUT2D eigenvalue weighted by Crippen LogP contribution is -2.22. The summed E-state index contributed by atoms with van der Waals surface area (Å²) in [5, 5.41) is 2.75.